The number of aliphatic hydroxyl groups excluding tert-OH is 1. The number of carboxylic acids is 1. The van der Waals surface area contributed by atoms with E-state index in [1.165, 1.54) is 10.5 Å². The first-order chi connectivity index (χ1) is 17.9. The van der Waals surface area contributed by atoms with Gasteiger partial charge in [-0.25, -0.2) is 0 Å². The summed E-state index contributed by atoms with van der Waals surface area (Å²) in [6, 6.07) is 16.2. The number of aryl methyl sites for hydroxylation is 1. The highest BCUT2D eigenvalue weighted by Crippen LogP contribution is 2.35. The number of aromatic nitrogens is 1. The van der Waals surface area contributed by atoms with Crippen molar-refractivity contribution in [1.82, 2.24) is 9.88 Å². The number of thioether (sulfide) groups is 1. The van der Waals surface area contributed by atoms with Crippen LogP contribution in [-0.4, -0.2) is 58.6 Å². The molecule has 1 saturated heterocycles. The van der Waals surface area contributed by atoms with Crippen molar-refractivity contribution in [2.24, 2.45) is 11.8 Å². The number of carboxylic acid groups (broad SMARTS) is 1. The van der Waals surface area contributed by atoms with E-state index in [0.717, 1.165) is 60.4 Å². The molecule has 2 aromatic carbocycles. The van der Waals surface area contributed by atoms with E-state index in [4.69, 9.17) is 4.74 Å². The summed E-state index contributed by atoms with van der Waals surface area (Å²) < 4.78 is 5.38. The van der Waals surface area contributed by atoms with Crippen LogP contribution in [0.2, 0.25) is 0 Å². The van der Waals surface area contributed by atoms with Crippen LogP contribution in [0.4, 0.5) is 0 Å². The van der Waals surface area contributed by atoms with Crippen molar-refractivity contribution in [1.29, 1.82) is 0 Å². The lowest BCUT2D eigenvalue weighted by Crippen LogP contribution is -2.41. The van der Waals surface area contributed by atoms with Gasteiger partial charge in [-0.1, -0.05) is 17.7 Å². The Bertz CT molecular complexity index is 1190. The number of aliphatic carboxylic acids is 1. The highest BCUT2D eigenvalue weighted by Gasteiger charge is 2.30. The minimum absolute atomic E-state index is 0.199. The molecule has 0 spiro atoms. The van der Waals surface area contributed by atoms with E-state index in [1.807, 2.05) is 36.0 Å². The van der Waals surface area contributed by atoms with Crippen LogP contribution in [0.1, 0.15) is 49.3 Å². The van der Waals surface area contributed by atoms with E-state index < -0.39 is 12.1 Å². The molecule has 2 unspecified atom stereocenters. The van der Waals surface area contributed by atoms with Crippen LogP contribution in [0.5, 0.6) is 5.75 Å². The highest BCUT2D eigenvalue weighted by molar-refractivity contribution is 7.99. The summed E-state index contributed by atoms with van der Waals surface area (Å²) in [7, 11) is 1.64. The lowest BCUT2D eigenvalue weighted by atomic mass is 9.79. The second-order valence-electron chi connectivity index (χ2n) is 10.1. The number of pyridine rings is 1. The number of carbonyl (C=O) groups is 1. The fourth-order valence-electron chi connectivity index (χ4n) is 5.46. The van der Waals surface area contributed by atoms with Crippen molar-refractivity contribution in [2.45, 2.75) is 50.0 Å². The number of piperidine rings is 1. The van der Waals surface area contributed by atoms with Crippen LogP contribution in [-0.2, 0) is 4.79 Å². The number of rotatable bonds is 12. The highest BCUT2D eigenvalue weighted by atomic mass is 32.2. The molecule has 0 saturated carbocycles. The number of methoxy groups -OCH3 is 1. The standard InChI is InChI=1S/C30H38N2O4S/c1-21-4-3-5-25(18-21)37-17-16-32-15-13-22(23(20-32)7-11-30(34)35)6-10-29(33)26-12-14-31-28-9-8-24(36-2)19-27(26)28/h3-5,8-9,12,14,18-19,22-23,29,33H,6-7,10-11,13,15-17,20H2,1-2H3,(H,34,35)/t22?,23?,29-/m0/s1. The number of aliphatic hydroxyl groups is 1. The molecule has 4 rings (SSSR count). The Balaban J connectivity index is 1.35. The summed E-state index contributed by atoms with van der Waals surface area (Å²) in [5.41, 5.74) is 2.99. The summed E-state index contributed by atoms with van der Waals surface area (Å²) in [6.07, 6.45) is 4.60. The third-order valence-electron chi connectivity index (χ3n) is 7.52. The first-order valence-corrected chi connectivity index (χ1v) is 14.2. The van der Waals surface area contributed by atoms with Gasteiger partial charge in [0.2, 0.25) is 0 Å². The fourth-order valence-corrected chi connectivity index (χ4v) is 6.49. The zero-order valence-electron chi connectivity index (χ0n) is 21.8. The maximum absolute atomic E-state index is 11.3. The summed E-state index contributed by atoms with van der Waals surface area (Å²) in [5, 5.41) is 21.4. The van der Waals surface area contributed by atoms with Gasteiger partial charge in [-0.15, -0.1) is 11.8 Å². The Morgan fingerprint density at radius 2 is 2.05 bits per heavy atom. The van der Waals surface area contributed by atoms with Crippen LogP contribution < -0.4 is 4.74 Å². The van der Waals surface area contributed by atoms with Gasteiger partial charge < -0.3 is 19.8 Å². The molecule has 37 heavy (non-hydrogen) atoms. The average Bonchev–Trinajstić information content (AvgIpc) is 2.90. The second-order valence-corrected chi connectivity index (χ2v) is 11.3. The number of benzene rings is 2. The molecule has 1 aliphatic rings. The summed E-state index contributed by atoms with van der Waals surface area (Å²) in [6.45, 7) is 5.07. The van der Waals surface area contributed by atoms with E-state index in [-0.39, 0.29) is 6.42 Å². The molecule has 3 atom stereocenters. The molecule has 3 aromatic rings. The summed E-state index contributed by atoms with van der Waals surface area (Å²) >= 11 is 1.88. The lowest BCUT2D eigenvalue weighted by Gasteiger charge is -2.39. The van der Waals surface area contributed by atoms with Crippen molar-refractivity contribution in [3.05, 3.63) is 65.9 Å². The molecule has 0 amide bonds. The maximum atomic E-state index is 11.3. The lowest BCUT2D eigenvalue weighted by molar-refractivity contribution is -0.137. The smallest absolute Gasteiger partial charge is 0.303 e. The SMILES string of the molecule is COc1ccc2nccc([C@@H](O)CCC3CCN(CCSc4cccc(C)c4)CC3CCC(=O)O)c2c1. The molecule has 198 valence electrons. The molecule has 6 nitrogen and oxygen atoms in total. The first-order valence-electron chi connectivity index (χ1n) is 13.2. The monoisotopic (exact) mass is 522 g/mol. The predicted molar refractivity (Wildman–Crippen MR) is 149 cm³/mol. The van der Waals surface area contributed by atoms with Gasteiger partial charge in [-0.3, -0.25) is 9.78 Å². The van der Waals surface area contributed by atoms with E-state index in [0.29, 0.717) is 24.7 Å². The molecule has 1 fully saturated rings. The topological polar surface area (TPSA) is 82.9 Å². The number of hydrogen-bond donors (Lipinski definition) is 2. The second kappa shape index (κ2) is 13.3. The predicted octanol–water partition coefficient (Wildman–Crippen LogP) is 5.96. The van der Waals surface area contributed by atoms with Gasteiger partial charge in [0.05, 0.1) is 18.7 Å². The Hall–Kier alpha value is -2.61. The minimum atomic E-state index is -0.733. The Morgan fingerprint density at radius 1 is 1.19 bits per heavy atom. The van der Waals surface area contributed by atoms with Crippen LogP contribution >= 0.6 is 11.8 Å². The third kappa shape index (κ3) is 7.69. The van der Waals surface area contributed by atoms with E-state index in [2.05, 4.69) is 41.1 Å². The van der Waals surface area contributed by atoms with E-state index in [9.17, 15) is 15.0 Å². The largest absolute Gasteiger partial charge is 0.497 e. The first kappa shape index (κ1) is 27.4. The maximum Gasteiger partial charge on any atom is 0.303 e. The molecule has 0 bridgehead atoms. The van der Waals surface area contributed by atoms with Gasteiger partial charge in [-0.05, 0) is 92.9 Å². The molecular weight excluding hydrogens is 484 g/mol. The van der Waals surface area contributed by atoms with Gasteiger partial charge in [0, 0.05) is 41.7 Å². The molecule has 2 N–H and O–H groups in total. The third-order valence-corrected chi connectivity index (χ3v) is 8.50. The fraction of sp³-hybridized carbons (Fsp3) is 0.467. The van der Waals surface area contributed by atoms with Crippen LogP contribution in [0.3, 0.4) is 0 Å². The molecule has 0 aliphatic carbocycles. The molecular formula is C30H38N2O4S. The van der Waals surface area contributed by atoms with E-state index in [1.54, 1.807) is 13.3 Å². The van der Waals surface area contributed by atoms with Crippen molar-refractivity contribution in [3.8, 4) is 5.75 Å². The van der Waals surface area contributed by atoms with E-state index >= 15 is 0 Å². The zero-order chi connectivity index (χ0) is 26.2. The van der Waals surface area contributed by atoms with Gasteiger partial charge in [0.15, 0.2) is 0 Å². The summed E-state index contributed by atoms with van der Waals surface area (Å²) in [4.78, 5) is 19.6. The van der Waals surface area contributed by atoms with Gasteiger partial charge in [0.25, 0.3) is 0 Å². The quantitative estimate of drug-likeness (QED) is 0.284. The normalized spacial score (nSPS) is 19.1. The Morgan fingerprint density at radius 3 is 2.84 bits per heavy atom. The van der Waals surface area contributed by atoms with Crippen molar-refractivity contribution in [2.75, 3.05) is 32.5 Å². The van der Waals surface area contributed by atoms with Gasteiger partial charge >= 0.3 is 5.97 Å². The number of nitrogens with zero attached hydrogens (tertiary/aromatic N) is 2. The molecule has 1 aromatic heterocycles. The number of hydrogen-bond acceptors (Lipinski definition) is 6. The number of likely N-dealkylation sites (tertiary alicyclic amines) is 1. The number of ether oxygens (including phenoxy) is 1. The molecule has 0 radical (unpaired) electrons. The Kier molecular flexibility index (Phi) is 9.83. The molecule has 7 heteroatoms. The van der Waals surface area contributed by atoms with Crippen LogP contribution in [0.15, 0.2) is 59.6 Å². The van der Waals surface area contributed by atoms with Crippen molar-refractivity contribution < 1.29 is 19.7 Å². The zero-order valence-corrected chi connectivity index (χ0v) is 22.6. The Labute approximate surface area is 224 Å². The van der Waals surface area contributed by atoms with Crippen molar-refractivity contribution >= 4 is 28.6 Å². The molecule has 2 heterocycles. The van der Waals surface area contributed by atoms with Gasteiger partial charge in [0.1, 0.15) is 5.75 Å². The van der Waals surface area contributed by atoms with Crippen LogP contribution in [0, 0.1) is 18.8 Å². The van der Waals surface area contributed by atoms with Crippen molar-refractivity contribution in [3.63, 3.8) is 0 Å². The molecule has 1 aliphatic heterocycles. The summed E-state index contributed by atoms with van der Waals surface area (Å²) in [5.74, 6) is 1.78. The number of fused-ring (bicyclic) bond motifs is 1. The minimum Gasteiger partial charge on any atom is -0.497 e. The van der Waals surface area contributed by atoms with Crippen LogP contribution in [0.25, 0.3) is 10.9 Å². The van der Waals surface area contributed by atoms with Gasteiger partial charge in [-0.2, -0.15) is 0 Å². The average molecular weight is 523 g/mol.